The summed E-state index contributed by atoms with van der Waals surface area (Å²) in [5, 5.41) is 11.6. The molecule has 2 unspecified atom stereocenters. The number of carbonyl (C=O) groups excluding carboxylic acids is 1. The van der Waals surface area contributed by atoms with Gasteiger partial charge in [0, 0.05) is 11.6 Å². The maximum atomic E-state index is 11.7. The van der Waals surface area contributed by atoms with Crippen molar-refractivity contribution in [2.75, 3.05) is 0 Å². The minimum Gasteiger partial charge on any atom is -0.478 e. The maximum absolute atomic E-state index is 11.7. The minimum absolute atomic E-state index is 0.136. The fourth-order valence-electron chi connectivity index (χ4n) is 1.57. The van der Waals surface area contributed by atoms with Gasteiger partial charge in [0.2, 0.25) is 0 Å². The third-order valence-electron chi connectivity index (χ3n) is 2.80. The summed E-state index contributed by atoms with van der Waals surface area (Å²) < 4.78 is 0. The summed E-state index contributed by atoms with van der Waals surface area (Å²) in [6, 6.07) is 6.31. The van der Waals surface area contributed by atoms with Crippen LogP contribution in [0.25, 0.3) is 0 Å². The van der Waals surface area contributed by atoms with Gasteiger partial charge >= 0.3 is 5.97 Å². The number of hydrogen-bond acceptors (Lipinski definition) is 2. The Balaban J connectivity index is 2.10. The van der Waals surface area contributed by atoms with Crippen LogP contribution in [0.5, 0.6) is 0 Å². The molecule has 84 valence electrons. The molecule has 0 heterocycles. The Bertz CT molecular complexity index is 442. The Kier molecular flexibility index (Phi) is 2.64. The van der Waals surface area contributed by atoms with Crippen LogP contribution in [0.15, 0.2) is 24.3 Å². The summed E-state index contributed by atoms with van der Waals surface area (Å²) in [5.74, 6) is -0.682. The number of amides is 1. The molecule has 4 heteroatoms. The van der Waals surface area contributed by atoms with E-state index < -0.39 is 5.97 Å². The predicted octanol–water partition coefficient (Wildman–Crippen LogP) is 1.52. The van der Waals surface area contributed by atoms with Crippen molar-refractivity contribution >= 4 is 11.9 Å². The molecule has 1 aromatic carbocycles. The van der Waals surface area contributed by atoms with Gasteiger partial charge in [0.05, 0.1) is 5.56 Å². The summed E-state index contributed by atoms with van der Waals surface area (Å²) in [4.78, 5) is 22.4. The third kappa shape index (κ3) is 2.21. The summed E-state index contributed by atoms with van der Waals surface area (Å²) in [7, 11) is 0. The molecule has 2 atom stereocenters. The number of carboxylic acids is 1. The average Bonchev–Trinajstić information content (AvgIpc) is 2.94. The molecule has 0 aliphatic heterocycles. The van der Waals surface area contributed by atoms with Gasteiger partial charge in [-0.25, -0.2) is 4.79 Å². The molecule has 4 nitrogen and oxygen atoms in total. The fourth-order valence-corrected chi connectivity index (χ4v) is 1.57. The van der Waals surface area contributed by atoms with Crippen molar-refractivity contribution in [1.29, 1.82) is 0 Å². The van der Waals surface area contributed by atoms with E-state index >= 15 is 0 Å². The molecular formula is C12H13NO3. The van der Waals surface area contributed by atoms with E-state index in [0.29, 0.717) is 11.5 Å². The molecule has 2 N–H and O–H groups in total. The number of hydrogen-bond donors (Lipinski definition) is 2. The zero-order valence-corrected chi connectivity index (χ0v) is 8.93. The van der Waals surface area contributed by atoms with Gasteiger partial charge in [0.1, 0.15) is 0 Å². The first-order chi connectivity index (χ1) is 7.58. The van der Waals surface area contributed by atoms with Gasteiger partial charge in [-0.3, -0.25) is 4.79 Å². The summed E-state index contributed by atoms with van der Waals surface area (Å²) >= 11 is 0. The lowest BCUT2D eigenvalue weighted by Crippen LogP contribution is -2.26. The summed E-state index contributed by atoms with van der Waals surface area (Å²) in [6.45, 7) is 2.07. The average molecular weight is 219 g/mol. The molecule has 0 aromatic heterocycles. The van der Waals surface area contributed by atoms with Crippen molar-refractivity contribution in [3.8, 4) is 0 Å². The Morgan fingerprint density at radius 3 is 2.56 bits per heavy atom. The first-order valence-corrected chi connectivity index (χ1v) is 5.22. The van der Waals surface area contributed by atoms with Gasteiger partial charge in [-0.1, -0.05) is 13.0 Å². The van der Waals surface area contributed by atoms with Crippen LogP contribution in [0, 0.1) is 5.92 Å². The third-order valence-corrected chi connectivity index (χ3v) is 2.80. The van der Waals surface area contributed by atoms with Gasteiger partial charge in [-0.2, -0.15) is 0 Å². The number of carbonyl (C=O) groups is 2. The monoisotopic (exact) mass is 219 g/mol. The Morgan fingerprint density at radius 1 is 1.38 bits per heavy atom. The maximum Gasteiger partial charge on any atom is 0.335 e. The lowest BCUT2D eigenvalue weighted by molar-refractivity contribution is 0.0697. The van der Waals surface area contributed by atoms with Gasteiger partial charge in [-0.15, -0.1) is 0 Å². The lowest BCUT2D eigenvalue weighted by Gasteiger charge is -2.04. The van der Waals surface area contributed by atoms with E-state index in [4.69, 9.17) is 5.11 Å². The molecule has 16 heavy (non-hydrogen) atoms. The topological polar surface area (TPSA) is 66.4 Å². The number of rotatable bonds is 3. The fraction of sp³-hybridized carbons (Fsp3) is 0.333. The predicted molar refractivity (Wildman–Crippen MR) is 58.4 cm³/mol. The largest absolute Gasteiger partial charge is 0.478 e. The highest BCUT2D eigenvalue weighted by molar-refractivity contribution is 5.97. The minimum atomic E-state index is -1.02. The van der Waals surface area contributed by atoms with Crippen LogP contribution < -0.4 is 5.32 Å². The van der Waals surface area contributed by atoms with E-state index in [2.05, 4.69) is 12.2 Å². The Hall–Kier alpha value is -1.84. The SMILES string of the molecule is CC1CC1NC(=O)c1cccc(C(=O)O)c1. The molecule has 0 spiro atoms. The smallest absolute Gasteiger partial charge is 0.335 e. The highest BCUT2D eigenvalue weighted by Gasteiger charge is 2.33. The van der Waals surface area contributed by atoms with Gasteiger partial charge in [-0.05, 0) is 30.5 Å². The van der Waals surface area contributed by atoms with Gasteiger partial charge in [0.15, 0.2) is 0 Å². The van der Waals surface area contributed by atoms with Crippen LogP contribution in [0.1, 0.15) is 34.1 Å². The van der Waals surface area contributed by atoms with Gasteiger partial charge in [0.25, 0.3) is 5.91 Å². The quantitative estimate of drug-likeness (QED) is 0.810. The van der Waals surface area contributed by atoms with Crippen LogP contribution in [0.3, 0.4) is 0 Å². The van der Waals surface area contributed by atoms with Crippen LogP contribution in [-0.2, 0) is 0 Å². The van der Waals surface area contributed by atoms with E-state index in [-0.39, 0.29) is 17.5 Å². The molecular weight excluding hydrogens is 206 g/mol. The van der Waals surface area contributed by atoms with E-state index in [1.807, 2.05) is 0 Å². The first kappa shape index (κ1) is 10.7. The van der Waals surface area contributed by atoms with Crippen molar-refractivity contribution in [1.82, 2.24) is 5.32 Å². The van der Waals surface area contributed by atoms with Crippen molar-refractivity contribution in [2.45, 2.75) is 19.4 Å². The van der Waals surface area contributed by atoms with Crippen molar-refractivity contribution in [3.05, 3.63) is 35.4 Å². The molecule has 2 rings (SSSR count). The molecule has 1 aliphatic rings. The Labute approximate surface area is 93.3 Å². The van der Waals surface area contributed by atoms with E-state index in [1.54, 1.807) is 12.1 Å². The molecule has 1 fully saturated rings. The molecule has 0 saturated heterocycles. The zero-order chi connectivity index (χ0) is 11.7. The molecule has 1 aliphatic carbocycles. The van der Waals surface area contributed by atoms with Gasteiger partial charge < -0.3 is 10.4 Å². The molecule has 1 amide bonds. The second-order valence-corrected chi connectivity index (χ2v) is 4.18. The second-order valence-electron chi connectivity index (χ2n) is 4.18. The van der Waals surface area contributed by atoms with E-state index in [0.717, 1.165) is 6.42 Å². The molecule has 0 bridgehead atoms. The summed E-state index contributed by atoms with van der Waals surface area (Å²) in [5.41, 5.74) is 0.537. The zero-order valence-electron chi connectivity index (χ0n) is 8.93. The van der Waals surface area contributed by atoms with E-state index in [9.17, 15) is 9.59 Å². The lowest BCUT2D eigenvalue weighted by atomic mass is 10.1. The Morgan fingerprint density at radius 2 is 2.00 bits per heavy atom. The van der Waals surface area contributed by atoms with Crippen molar-refractivity contribution in [2.24, 2.45) is 5.92 Å². The molecule has 0 radical (unpaired) electrons. The van der Waals surface area contributed by atoms with Crippen molar-refractivity contribution < 1.29 is 14.7 Å². The van der Waals surface area contributed by atoms with Crippen LogP contribution in [-0.4, -0.2) is 23.0 Å². The number of nitrogens with one attached hydrogen (secondary N) is 1. The van der Waals surface area contributed by atoms with Crippen molar-refractivity contribution in [3.63, 3.8) is 0 Å². The molecule has 1 aromatic rings. The van der Waals surface area contributed by atoms with Crippen LogP contribution in [0.2, 0.25) is 0 Å². The van der Waals surface area contributed by atoms with Crippen LogP contribution >= 0.6 is 0 Å². The normalized spacial score (nSPS) is 22.6. The number of carboxylic acid groups (broad SMARTS) is 1. The number of aromatic carboxylic acids is 1. The number of benzene rings is 1. The highest BCUT2D eigenvalue weighted by atomic mass is 16.4. The highest BCUT2D eigenvalue weighted by Crippen LogP contribution is 2.29. The summed E-state index contributed by atoms with van der Waals surface area (Å²) in [6.07, 6.45) is 1.00. The first-order valence-electron chi connectivity index (χ1n) is 5.22. The standard InChI is InChI=1S/C12H13NO3/c1-7-5-10(7)13-11(14)8-3-2-4-9(6-8)12(15)16/h2-4,6-7,10H,5H2,1H3,(H,13,14)(H,15,16). The molecule has 1 saturated carbocycles. The van der Waals surface area contributed by atoms with E-state index in [1.165, 1.54) is 12.1 Å². The van der Waals surface area contributed by atoms with Crippen LogP contribution in [0.4, 0.5) is 0 Å². The second kappa shape index (κ2) is 3.96.